The molecule has 0 radical (unpaired) electrons. The summed E-state index contributed by atoms with van der Waals surface area (Å²) in [4.78, 5) is 23.9. The highest BCUT2D eigenvalue weighted by Gasteiger charge is 2.06. The minimum Gasteiger partial charge on any atom is -0.489 e. The van der Waals surface area contributed by atoms with Gasteiger partial charge in [0.05, 0.1) is 18.9 Å². The fraction of sp³-hybridized carbons (Fsp3) is 0.0741. The SMILES string of the molecule is COC(=O)c1ccc(COc2cccc(C=NNC(=O)c3ccc(-n4cccc4)cc3)c2)cc1. The van der Waals surface area contributed by atoms with Crippen LogP contribution in [-0.2, 0) is 11.3 Å². The van der Waals surface area contributed by atoms with E-state index in [0.717, 1.165) is 16.8 Å². The number of hydrazone groups is 1. The molecule has 0 aliphatic carbocycles. The minimum absolute atomic E-state index is 0.293. The molecule has 0 fully saturated rings. The number of carbonyl (C=O) groups excluding carboxylic acids is 2. The predicted octanol–water partition coefficient (Wildman–Crippen LogP) is 4.61. The van der Waals surface area contributed by atoms with Crippen molar-refractivity contribution >= 4 is 18.1 Å². The maximum atomic E-state index is 12.4. The van der Waals surface area contributed by atoms with E-state index in [1.807, 2.05) is 77.6 Å². The van der Waals surface area contributed by atoms with Crippen molar-refractivity contribution in [3.05, 3.63) is 120 Å². The van der Waals surface area contributed by atoms with Crippen molar-refractivity contribution in [3.63, 3.8) is 0 Å². The molecule has 0 unspecified atom stereocenters. The van der Waals surface area contributed by atoms with Gasteiger partial charge in [-0.15, -0.1) is 0 Å². The van der Waals surface area contributed by atoms with Crippen molar-refractivity contribution in [3.8, 4) is 11.4 Å². The molecule has 0 aliphatic rings. The highest BCUT2D eigenvalue weighted by atomic mass is 16.5. The highest BCUT2D eigenvalue weighted by Crippen LogP contribution is 2.15. The zero-order valence-electron chi connectivity index (χ0n) is 18.5. The molecule has 0 saturated carbocycles. The molecule has 3 aromatic carbocycles. The van der Waals surface area contributed by atoms with Crippen molar-refractivity contribution in [2.75, 3.05) is 7.11 Å². The molecule has 1 N–H and O–H groups in total. The average molecular weight is 453 g/mol. The molecule has 0 atom stereocenters. The van der Waals surface area contributed by atoms with E-state index in [4.69, 9.17) is 9.47 Å². The molecular formula is C27H23N3O4. The smallest absolute Gasteiger partial charge is 0.337 e. The molecular weight excluding hydrogens is 430 g/mol. The Balaban J connectivity index is 1.30. The topological polar surface area (TPSA) is 81.9 Å². The molecule has 7 heteroatoms. The van der Waals surface area contributed by atoms with Crippen LogP contribution in [0.4, 0.5) is 0 Å². The summed E-state index contributed by atoms with van der Waals surface area (Å²) in [6.07, 6.45) is 5.44. The molecule has 170 valence electrons. The van der Waals surface area contributed by atoms with Gasteiger partial charge in [-0.25, -0.2) is 10.2 Å². The maximum Gasteiger partial charge on any atom is 0.337 e. The van der Waals surface area contributed by atoms with Crippen molar-refractivity contribution in [2.24, 2.45) is 5.10 Å². The number of nitrogens with one attached hydrogen (secondary N) is 1. The minimum atomic E-state index is -0.375. The summed E-state index contributed by atoms with van der Waals surface area (Å²) < 4.78 is 12.5. The van der Waals surface area contributed by atoms with Gasteiger partial charge in [0, 0.05) is 23.6 Å². The number of esters is 1. The van der Waals surface area contributed by atoms with Gasteiger partial charge in [0.1, 0.15) is 12.4 Å². The van der Waals surface area contributed by atoms with Gasteiger partial charge in [0.15, 0.2) is 0 Å². The molecule has 0 aliphatic heterocycles. The summed E-state index contributed by atoms with van der Waals surface area (Å²) in [7, 11) is 1.35. The number of ether oxygens (including phenoxy) is 2. The Bertz CT molecular complexity index is 1280. The molecule has 34 heavy (non-hydrogen) atoms. The lowest BCUT2D eigenvalue weighted by atomic mass is 10.1. The van der Waals surface area contributed by atoms with Crippen molar-refractivity contribution < 1.29 is 19.1 Å². The molecule has 7 nitrogen and oxygen atoms in total. The first-order chi connectivity index (χ1) is 16.6. The number of benzene rings is 3. The Morgan fingerprint density at radius 1 is 0.912 bits per heavy atom. The van der Waals surface area contributed by atoms with E-state index in [9.17, 15) is 9.59 Å². The number of rotatable bonds is 8. The van der Waals surface area contributed by atoms with E-state index in [2.05, 4.69) is 10.5 Å². The summed E-state index contributed by atoms with van der Waals surface area (Å²) in [6.45, 7) is 0.345. The van der Waals surface area contributed by atoms with Gasteiger partial charge in [0.25, 0.3) is 5.91 Å². The largest absolute Gasteiger partial charge is 0.489 e. The summed E-state index contributed by atoms with van der Waals surface area (Å²) in [5.41, 5.74) is 6.22. The molecule has 0 bridgehead atoms. The van der Waals surface area contributed by atoms with E-state index in [1.165, 1.54) is 7.11 Å². The summed E-state index contributed by atoms with van der Waals surface area (Å²) in [6, 6.07) is 25.6. The van der Waals surface area contributed by atoms with Gasteiger partial charge in [-0.2, -0.15) is 5.10 Å². The first-order valence-electron chi connectivity index (χ1n) is 10.6. The second-order valence-electron chi connectivity index (χ2n) is 7.39. The van der Waals surface area contributed by atoms with Gasteiger partial charge >= 0.3 is 5.97 Å². The van der Waals surface area contributed by atoms with Gasteiger partial charge < -0.3 is 14.0 Å². The lowest BCUT2D eigenvalue weighted by Gasteiger charge is -2.08. The lowest BCUT2D eigenvalue weighted by molar-refractivity contribution is 0.0600. The number of amides is 1. The lowest BCUT2D eigenvalue weighted by Crippen LogP contribution is -2.17. The van der Waals surface area contributed by atoms with Crippen LogP contribution in [0.2, 0.25) is 0 Å². The van der Waals surface area contributed by atoms with Crippen LogP contribution in [0.25, 0.3) is 5.69 Å². The molecule has 0 saturated heterocycles. The van der Waals surface area contributed by atoms with Gasteiger partial charge in [-0.3, -0.25) is 4.79 Å². The number of hydrogen-bond acceptors (Lipinski definition) is 5. The number of carbonyl (C=O) groups is 2. The fourth-order valence-corrected chi connectivity index (χ4v) is 3.23. The standard InChI is InChI=1S/C27H23N3O4/c1-33-27(32)23-9-7-20(8-10-23)19-34-25-6-4-5-21(17-25)18-28-29-26(31)22-11-13-24(14-12-22)30-15-2-3-16-30/h2-18H,19H2,1H3,(H,29,31). The van der Waals surface area contributed by atoms with Gasteiger partial charge in [-0.05, 0) is 71.8 Å². The molecule has 0 spiro atoms. The van der Waals surface area contributed by atoms with Crippen LogP contribution in [0, 0.1) is 0 Å². The fourth-order valence-electron chi connectivity index (χ4n) is 3.23. The van der Waals surface area contributed by atoms with Crippen molar-refractivity contribution in [2.45, 2.75) is 6.61 Å². The Labute approximate surface area is 197 Å². The Hall–Kier alpha value is -4.65. The van der Waals surface area contributed by atoms with Crippen LogP contribution in [0.3, 0.4) is 0 Å². The van der Waals surface area contributed by atoms with Crippen LogP contribution < -0.4 is 10.2 Å². The molecule has 1 amide bonds. The molecule has 1 heterocycles. The van der Waals surface area contributed by atoms with E-state index in [-0.39, 0.29) is 11.9 Å². The van der Waals surface area contributed by atoms with Crippen LogP contribution >= 0.6 is 0 Å². The number of hydrogen-bond donors (Lipinski definition) is 1. The van der Waals surface area contributed by atoms with Crippen molar-refractivity contribution in [1.29, 1.82) is 0 Å². The normalized spacial score (nSPS) is 10.7. The Morgan fingerprint density at radius 2 is 1.62 bits per heavy atom. The zero-order chi connectivity index (χ0) is 23.8. The van der Waals surface area contributed by atoms with Crippen LogP contribution in [0.15, 0.2) is 102 Å². The average Bonchev–Trinajstić information content (AvgIpc) is 3.43. The van der Waals surface area contributed by atoms with Gasteiger partial charge in [-0.1, -0.05) is 24.3 Å². The third kappa shape index (κ3) is 5.77. The summed E-state index contributed by atoms with van der Waals surface area (Å²) in [5.74, 6) is -0.00785. The van der Waals surface area contributed by atoms with Crippen LogP contribution in [0.5, 0.6) is 5.75 Å². The summed E-state index contributed by atoms with van der Waals surface area (Å²) >= 11 is 0. The van der Waals surface area contributed by atoms with Crippen LogP contribution in [-0.4, -0.2) is 29.8 Å². The monoisotopic (exact) mass is 453 g/mol. The predicted molar refractivity (Wildman–Crippen MR) is 129 cm³/mol. The van der Waals surface area contributed by atoms with E-state index < -0.39 is 0 Å². The third-order valence-corrected chi connectivity index (χ3v) is 5.05. The Kier molecular flexibility index (Phi) is 7.15. The second-order valence-corrected chi connectivity index (χ2v) is 7.39. The van der Waals surface area contributed by atoms with E-state index in [1.54, 1.807) is 30.5 Å². The Morgan fingerprint density at radius 3 is 2.32 bits per heavy atom. The van der Waals surface area contributed by atoms with Crippen molar-refractivity contribution in [1.82, 2.24) is 9.99 Å². The van der Waals surface area contributed by atoms with Gasteiger partial charge in [0.2, 0.25) is 0 Å². The van der Waals surface area contributed by atoms with E-state index >= 15 is 0 Å². The van der Waals surface area contributed by atoms with E-state index in [0.29, 0.717) is 23.5 Å². The summed E-state index contributed by atoms with van der Waals surface area (Å²) in [5, 5.41) is 4.05. The van der Waals surface area contributed by atoms with Crippen LogP contribution in [0.1, 0.15) is 31.8 Å². The molecule has 4 rings (SSSR count). The highest BCUT2D eigenvalue weighted by molar-refractivity contribution is 5.95. The zero-order valence-corrected chi connectivity index (χ0v) is 18.5. The molecule has 4 aromatic rings. The number of aromatic nitrogens is 1. The third-order valence-electron chi connectivity index (χ3n) is 5.05. The number of nitrogens with zero attached hydrogens (tertiary/aromatic N) is 2. The second kappa shape index (κ2) is 10.8. The first-order valence-corrected chi connectivity index (χ1v) is 10.6. The molecule has 1 aromatic heterocycles. The maximum absolute atomic E-state index is 12.4. The first kappa shape index (κ1) is 22.5. The number of methoxy groups -OCH3 is 1. The quantitative estimate of drug-likeness (QED) is 0.240.